The van der Waals surface area contributed by atoms with Gasteiger partial charge in [-0.2, -0.15) is 13.2 Å². The Labute approximate surface area is 206 Å². The molecule has 0 bridgehead atoms. The van der Waals surface area contributed by atoms with Crippen molar-refractivity contribution in [1.82, 2.24) is 10.2 Å². The Bertz CT molecular complexity index is 988. The summed E-state index contributed by atoms with van der Waals surface area (Å²) in [4.78, 5) is 2.36. The number of ether oxygens (including phenoxy) is 2. The Morgan fingerprint density at radius 2 is 1.80 bits per heavy atom. The van der Waals surface area contributed by atoms with Gasteiger partial charge < -0.3 is 14.8 Å². The fraction of sp³-hybridized carbons (Fsp3) is 0.571. The molecule has 35 heavy (non-hydrogen) atoms. The zero-order valence-electron chi connectivity index (χ0n) is 21.1. The molecule has 192 valence electrons. The van der Waals surface area contributed by atoms with Crippen molar-refractivity contribution in [3.8, 4) is 5.75 Å². The average Bonchev–Trinajstić information content (AvgIpc) is 3.24. The first-order valence-corrected chi connectivity index (χ1v) is 12.5. The predicted molar refractivity (Wildman–Crippen MR) is 132 cm³/mol. The molecule has 1 aliphatic heterocycles. The van der Waals surface area contributed by atoms with Crippen LogP contribution in [0.1, 0.15) is 74.2 Å². The molecule has 1 aliphatic carbocycles. The van der Waals surface area contributed by atoms with E-state index in [9.17, 15) is 13.2 Å². The Morgan fingerprint density at radius 3 is 2.46 bits per heavy atom. The van der Waals surface area contributed by atoms with Gasteiger partial charge in [0.25, 0.3) is 0 Å². The molecular formula is C28H37F3N2O2. The lowest BCUT2D eigenvalue weighted by Gasteiger charge is -2.43. The van der Waals surface area contributed by atoms with Crippen LogP contribution in [0.3, 0.4) is 0 Å². The normalized spacial score (nSPS) is 23.3. The molecule has 1 heterocycles. The number of rotatable bonds is 7. The molecule has 2 aliphatic rings. The van der Waals surface area contributed by atoms with Crippen molar-refractivity contribution in [2.45, 2.75) is 82.8 Å². The van der Waals surface area contributed by atoms with Crippen LogP contribution in [-0.2, 0) is 17.7 Å². The van der Waals surface area contributed by atoms with Gasteiger partial charge in [0.2, 0.25) is 0 Å². The summed E-state index contributed by atoms with van der Waals surface area (Å²) < 4.78 is 52.5. The number of hydrogen-bond donors (Lipinski definition) is 1. The minimum atomic E-state index is -4.22. The van der Waals surface area contributed by atoms with Crippen LogP contribution in [0, 0.1) is 0 Å². The topological polar surface area (TPSA) is 33.7 Å². The highest BCUT2D eigenvalue weighted by Crippen LogP contribution is 2.46. The fourth-order valence-electron chi connectivity index (χ4n) is 5.39. The highest BCUT2D eigenvalue weighted by atomic mass is 19.4. The molecule has 0 saturated carbocycles. The number of aryl methyl sites for hydroxylation is 1. The van der Waals surface area contributed by atoms with Crippen LogP contribution in [-0.4, -0.2) is 43.1 Å². The standard InChI is InChI=1S/C28H37F3N2O2/c1-27(2,3)35-18-33-14-8-11-24(26(33)19-9-6-5-7-10-19)32-17-21-15-22-20(16-25(21)34-4)12-13-23(22)28(29,30)31/h5-7,9-10,15-16,23-24,26,32H,8,11-14,17-18H2,1-4H3. The number of alkyl halides is 3. The first-order valence-electron chi connectivity index (χ1n) is 12.5. The summed E-state index contributed by atoms with van der Waals surface area (Å²) in [6, 6.07) is 14.1. The van der Waals surface area contributed by atoms with Gasteiger partial charge >= 0.3 is 6.18 Å². The van der Waals surface area contributed by atoms with Gasteiger partial charge in [-0.05, 0) is 75.3 Å². The summed E-state index contributed by atoms with van der Waals surface area (Å²) in [5.74, 6) is -0.738. The Hall–Kier alpha value is -2.09. The third-order valence-electron chi connectivity index (χ3n) is 7.11. The molecule has 0 amide bonds. The molecule has 0 spiro atoms. The summed E-state index contributed by atoms with van der Waals surface area (Å²) in [6.07, 6.45) is -1.68. The van der Waals surface area contributed by atoms with Crippen LogP contribution < -0.4 is 10.1 Å². The number of halogens is 3. The van der Waals surface area contributed by atoms with E-state index in [1.807, 2.05) is 18.2 Å². The SMILES string of the molecule is COc1cc2c(cc1CNC1CCCN(COC(C)(C)C)C1c1ccccc1)C(C(F)(F)F)CC2. The molecule has 1 fully saturated rings. The zero-order valence-corrected chi connectivity index (χ0v) is 21.1. The van der Waals surface area contributed by atoms with Crippen LogP contribution in [0.4, 0.5) is 13.2 Å². The lowest BCUT2D eigenvalue weighted by atomic mass is 9.90. The van der Waals surface area contributed by atoms with Gasteiger partial charge in [0.1, 0.15) is 12.5 Å². The van der Waals surface area contributed by atoms with E-state index in [0.29, 0.717) is 31.0 Å². The first kappa shape index (κ1) is 26.0. The van der Waals surface area contributed by atoms with E-state index in [-0.39, 0.29) is 24.1 Å². The molecule has 2 aromatic rings. The van der Waals surface area contributed by atoms with Crippen LogP contribution in [0.15, 0.2) is 42.5 Å². The number of methoxy groups -OCH3 is 1. The van der Waals surface area contributed by atoms with Crippen molar-refractivity contribution in [2.75, 3.05) is 20.4 Å². The molecule has 2 aromatic carbocycles. The largest absolute Gasteiger partial charge is 0.496 e. The van der Waals surface area contributed by atoms with Crippen molar-refractivity contribution >= 4 is 0 Å². The van der Waals surface area contributed by atoms with Crippen LogP contribution in [0.25, 0.3) is 0 Å². The highest BCUT2D eigenvalue weighted by molar-refractivity contribution is 5.47. The monoisotopic (exact) mass is 490 g/mol. The summed E-state index contributed by atoms with van der Waals surface area (Å²) in [5, 5.41) is 3.67. The van der Waals surface area contributed by atoms with E-state index in [1.165, 1.54) is 5.56 Å². The molecule has 1 N–H and O–H groups in total. The van der Waals surface area contributed by atoms with Crippen molar-refractivity contribution < 1.29 is 22.6 Å². The van der Waals surface area contributed by atoms with Gasteiger partial charge in [0, 0.05) is 24.7 Å². The van der Waals surface area contributed by atoms with Gasteiger partial charge in [-0.25, -0.2) is 0 Å². The van der Waals surface area contributed by atoms with Crippen molar-refractivity contribution in [3.05, 3.63) is 64.7 Å². The Kier molecular flexibility index (Phi) is 7.79. The van der Waals surface area contributed by atoms with Gasteiger partial charge in [0.05, 0.1) is 24.7 Å². The lowest BCUT2D eigenvalue weighted by Crippen LogP contribution is -2.49. The van der Waals surface area contributed by atoms with Crippen LogP contribution in [0.5, 0.6) is 5.75 Å². The quantitative estimate of drug-likeness (QED) is 0.490. The second-order valence-electron chi connectivity index (χ2n) is 10.7. The third kappa shape index (κ3) is 6.19. The number of nitrogens with zero attached hydrogens (tertiary/aromatic N) is 1. The fourth-order valence-corrected chi connectivity index (χ4v) is 5.39. The van der Waals surface area contributed by atoms with Crippen molar-refractivity contribution in [1.29, 1.82) is 0 Å². The number of nitrogens with one attached hydrogen (secondary N) is 1. The molecular weight excluding hydrogens is 453 g/mol. The maximum atomic E-state index is 13.6. The zero-order chi connectivity index (χ0) is 25.2. The molecule has 0 radical (unpaired) electrons. The Morgan fingerprint density at radius 1 is 1.06 bits per heavy atom. The molecule has 3 atom stereocenters. The summed E-state index contributed by atoms with van der Waals surface area (Å²) in [6.45, 7) is 8.07. The van der Waals surface area contributed by atoms with E-state index < -0.39 is 12.1 Å². The molecule has 0 aromatic heterocycles. The number of piperidine rings is 1. The lowest BCUT2D eigenvalue weighted by molar-refractivity contribution is -0.149. The highest BCUT2D eigenvalue weighted by Gasteiger charge is 2.44. The Balaban J connectivity index is 1.57. The third-order valence-corrected chi connectivity index (χ3v) is 7.11. The second-order valence-corrected chi connectivity index (χ2v) is 10.7. The molecule has 1 saturated heterocycles. The van der Waals surface area contributed by atoms with Crippen molar-refractivity contribution in [3.63, 3.8) is 0 Å². The van der Waals surface area contributed by atoms with Gasteiger partial charge in [-0.15, -0.1) is 0 Å². The van der Waals surface area contributed by atoms with Crippen LogP contribution in [0.2, 0.25) is 0 Å². The van der Waals surface area contributed by atoms with E-state index in [0.717, 1.165) is 30.5 Å². The summed E-state index contributed by atoms with van der Waals surface area (Å²) in [5.41, 5.74) is 2.89. The maximum Gasteiger partial charge on any atom is 0.395 e. The second kappa shape index (κ2) is 10.5. The maximum absolute atomic E-state index is 13.6. The van der Waals surface area contributed by atoms with Crippen LogP contribution >= 0.6 is 0 Å². The van der Waals surface area contributed by atoms with E-state index >= 15 is 0 Å². The molecule has 3 unspecified atom stereocenters. The summed E-state index contributed by atoms with van der Waals surface area (Å²) in [7, 11) is 1.58. The van der Waals surface area contributed by atoms with Crippen molar-refractivity contribution in [2.24, 2.45) is 0 Å². The van der Waals surface area contributed by atoms with E-state index in [2.05, 4.69) is 43.1 Å². The molecule has 4 rings (SSSR count). The van der Waals surface area contributed by atoms with Gasteiger partial charge in [-0.3, -0.25) is 4.90 Å². The number of likely N-dealkylation sites (tertiary alicyclic amines) is 1. The molecule has 4 nitrogen and oxygen atoms in total. The average molecular weight is 491 g/mol. The molecule has 7 heteroatoms. The van der Waals surface area contributed by atoms with E-state index in [4.69, 9.17) is 9.47 Å². The minimum absolute atomic E-state index is 0.107. The predicted octanol–water partition coefficient (Wildman–Crippen LogP) is 6.36. The van der Waals surface area contributed by atoms with Gasteiger partial charge in [0.15, 0.2) is 0 Å². The van der Waals surface area contributed by atoms with Gasteiger partial charge in [-0.1, -0.05) is 30.3 Å². The minimum Gasteiger partial charge on any atom is -0.496 e. The number of fused-ring (bicyclic) bond motifs is 1. The summed E-state index contributed by atoms with van der Waals surface area (Å²) >= 11 is 0. The number of benzene rings is 2. The smallest absolute Gasteiger partial charge is 0.395 e. The number of hydrogen-bond acceptors (Lipinski definition) is 4. The van der Waals surface area contributed by atoms with E-state index in [1.54, 1.807) is 19.2 Å². The first-order chi connectivity index (χ1) is 16.6.